The first kappa shape index (κ1) is 21.5. The van der Waals surface area contributed by atoms with Gasteiger partial charge in [0, 0.05) is 27.2 Å². The van der Waals surface area contributed by atoms with Gasteiger partial charge in [-0.15, -0.1) is 25.6 Å². The molecular weight excluding hydrogens is 337 g/mol. The maximum Gasteiger partial charge on any atom is 0.573 e. The quantitative estimate of drug-likeness (QED) is 0.726. The third-order valence-corrected chi connectivity index (χ3v) is 2.76. The van der Waals surface area contributed by atoms with Crippen molar-refractivity contribution in [1.82, 2.24) is 10.2 Å². The van der Waals surface area contributed by atoms with E-state index >= 15 is 0 Å². The van der Waals surface area contributed by atoms with Crippen molar-refractivity contribution in [2.24, 2.45) is 0 Å². The van der Waals surface area contributed by atoms with Gasteiger partial charge in [0.25, 0.3) is 0 Å². The molecule has 0 fully saturated rings. The van der Waals surface area contributed by atoms with Crippen LogP contribution in [0.1, 0.15) is 5.56 Å². The zero-order valence-electron chi connectivity index (χ0n) is 12.9. The molecule has 5 nitrogen and oxygen atoms in total. The van der Waals surface area contributed by atoms with Crippen LogP contribution in [0.2, 0.25) is 0 Å². The molecule has 132 valence electrons. The van der Waals surface area contributed by atoms with E-state index in [1.165, 1.54) is 29.2 Å². The third kappa shape index (κ3) is 9.27. The van der Waals surface area contributed by atoms with Crippen LogP contribution in [0.3, 0.4) is 0 Å². The SMILES string of the molecule is COCCNCC(=O)N(C)Cc1ccc(OC(F)(F)F)cc1.Cl. The third-order valence-electron chi connectivity index (χ3n) is 2.76. The van der Waals surface area contributed by atoms with Gasteiger partial charge < -0.3 is 19.7 Å². The van der Waals surface area contributed by atoms with E-state index in [0.29, 0.717) is 25.3 Å². The molecule has 9 heteroatoms. The molecule has 1 amide bonds. The van der Waals surface area contributed by atoms with Crippen LogP contribution in [-0.4, -0.2) is 51.0 Å². The number of ether oxygens (including phenoxy) is 2. The average molecular weight is 357 g/mol. The highest BCUT2D eigenvalue weighted by molar-refractivity contribution is 5.85. The molecule has 0 aliphatic heterocycles. The molecule has 0 aliphatic rings. The van der Waals surface area contributed by atoms with Gasteiger partial charge in [-0.05, 0) is 17.7 Å². The van der Waals surface area contributed by atoms with Gasteiger partial charge in [-0.25, -0.2) is 0 Å². The van der Waals surface area contributed by atoms with Crippen LogP contribution in [0, 0.1) is 0 Å². The number of likely N-dealkylation sites (N-methyl/N-ethyl adjacent to an activating group) is 1. The van der Waals surface area contributed by atoms with Crippen molar-refractivity contribution in [3.8, 4) is 5.75 Å². The molecule has 0 aromatic heterocycles. The summed E-state index contributed by atoms with van der Waals surface area (Å²) < 4.78 is 44.7. The second-order valence-corrected chi connectivity index (χ2v) is 4.61. The Bertz CT molecular complexity index is 469. The van der Waals surface area contributed by atoms with Crippen molar-refractivity contribution in [2.75, 3.05) is 33.9 Å². The van der Waals surface area contributed by atoms with E-state index in [9.17, 15) is 18.0 Å². The lowest BCUT2D eigenvalue weighted by Crippen LogP contribution is -2.36. The minimum atomic E-state index is -4.71. The number of methoxy groups -OCH3 is 1. The number of nitrogens with one attached hydrogen (secondary N) is 1. The number of rotatable bonds is 8. The lowest BCUT2D eigenvalue weighted by Gasteiger charge is -2.18. The summed E-state index contributed by atoms with van der Waals surface area (Å²) in [5.41, 5.74) is 0.710. The Balaban J connectivity index is 0.00000484. The van der Waals surface area contributed by atoms with Gasteiger partial charge in [-0.1, -0.05) is 12.1 Å². The monoisotopic (exact) mass is 356 g/mol. The van der Waals surface area contributed by atoms with Crippen LogP contribution in [-0.2, 0) is 16.1 Å². The predicted octanol–water partition coefficient (Wildman–Crippen LogP) is 2.20. The van der Waals surface area contributed by atoms with Crippen molar-refractivity contribution < 1.29 is 27.4 Å². The number of halogens is 4. The molecule has 1 N–H and O–H groups in total. The number of nitrogens with zero attached hydrogens (tertiary/aromatic N) is 1. The summed E-state index contributed by atoms with van der Waals surface area (Å²) in [6, 6.07) is 5.42. The fraction of sp³-hybridized carbons (Fsp3) is 0.500. The first-order chi connectivity index (χ1) is 10.3. The summed E-state index contributed by atoms with van der Waals surface area (Å²) in [5, 5.41) is 2.93. The highest BCUT2D eigenvalue weighted by Gasteiger charge is 2.30. The smallest absolute Gasteiger partial charge is 0.406 e. The minimum Gasteiger partial charge on any atom is -0.406 e. The average Bonchev–Trinajstić information content (AvgIpc) is 2.44. The number of benzene rings is 1. The van der Waals surface area contributed by atoms with Crippen LogP contribution in [0.5, 0.6) is 5.75 Å². The lowest BCUT2D eigenvalue weighted by atomic mass is 10.2. The van der Waals surface area contributed by atoms with Crippen LogP contribution in [0.15, 0.2) is 24.3 Å². The topological polar surface area (TPSA) is 50.8 Å². The zero-order chi connectivity index (χ0) is 16.6. The van der Waals surface area contributed by atoms with E-state index in [1.807, 2.05) is 0 Å². The fourth-order valence-corrected chi connectivity index (χ4v) is 1.66. The summed E-state index contributed by atoms with van der Waals surface area (Å²) in [5.74, 6) is -0.404. The molecule has 1 rings (SSSR count). The van der Waals surface area contributed by atoms with E-state index in [1.54, 1.807) is 14.2 Å². The molecule has 0 saturated carbocycles. The van der Waals surface area contributed by atoms with Crippen molar-refractivity contribution in [3.05, 3.63) is 29.8 Å². The molecule has 0 unspecified atom stereocenters. The molecule has 0 atom stereocenters. The molecule has 0 radical (unpaired) electrons. The molecular formula is C14H20ClF3N2O3. The number of alkyl halides is 3. The Labute approximate surface area is 139 Å². The number of hydrogen-bond donors (Lipinski definition) is 1. The number of carbonyl (C=O) groups is 1. The van der Waals surface area contributed by atoms with Crippen LogP contribution in [0.25, 0.3) is 0 Å². The Morgan fingerprint density at radius 3 is 2.39 bits per heavy atom. The Hall–Kier alpha value is -1.51. The largest absolute Gasteiger partial charge is 0.573 e. The Morgan fingerprint density at radius 2 is 1.87 bits per heavy atom. The Morgan fingerprint density at radius 1 is 1.26 bits per heavy atom. The van der Waals surface area contributed by atoms with Crippen molar-refractivity contribution in [2.45, 2.75) is 12.9 Å². The van der Waals surface area contributed by atoms with Crippen LogP contribution < -0.4 is 10.1 Å². The fourth-order valence-electron chi connectivity index (χ4n) is 1.66. The molecule has 0 bridgehead atoms. The standard InChI is InChI=1S/C14H19F3N2O3.ClH/c1-19(13(20)9-18-7-8-21-2)10-11-3-5-12(6-4-11)22-14(15,16)17;/h3-6,18H,7-10H2,1-2H3;1H. The van der Waals surface area contributed by atoms with Crippen molar-refractivity contribution in [1.29, 1.82) is 0 Å². The second kappa shape index (κ2) is 10.3. The van der Waals surface area contributed by atoms with Crippen LogP contribution in [0.4, 0.5) is 13.2 Å². The normalized spacial score (nSPS) is 10.8. The van der Waals surface area contributed by atoms with Gasteiger partial charge in [-0.3, -0.25) is 4.79 Å². The number of carbonyl (C=O) groups excluding carboxylic acids is 1. The molecule has 1 aromatic carbocycles. The summed E-state index contributed by atoms with van der Waals surface area (Å²) in [7, 11) is 3.20. The van der Waals surface area contributed by atoms with E-state index < -0.39 is 6.36 Å². The molecule has 0 saturated heterocycles. The van der Waals surface area contributed by atoms with Gasteiger partial charge in [0.15, 0.2) is 0 Å². The summed E-state index contributed by atoms with van der Waals surface area (Å²) in [6.45, 7) is 1.56. The van der Waals surface area contributed by atoms with E-state index in [-0.39, 0.29) is 30.6 Å². The van der Waals surface area contributed by atoms with Crippen LogP contribution >= 0.6 is 12.4 Å². The van der Waals surface area contributed by atoms with E-state index in [2.05, 4.69) is 10.1 Å². The highest BCUT2D eigenvalue weighted by atomic mass is 35.5. The summed E-state index contributed by atoms with van der Waals surface area (Å²) in [4.78, 5) is 13.3. The molecule has 0 heterocycles. The number of amides is 1. The zero-order valence-corrected chi connectivity index (χ0v) is 13.7. The van der Waals surface area contributed by atoms with Gasteiger partial charge >= 0.3 is 6.36 Å². The second-order valence-electron chi connectivity index (χ2n) is 4.61. The van der Waals surface area contributed by atoms with Gasteiger partial charge in [0.05, 0.1) is 13.2 Å². The highest BCUT2D eigenvalue weighted by Crippen LogP contribution is 2.22. The maximum atomic E-state index is 12.0. The van der Waals surface area contributed by atoms with E-state index in [0.717, 1.165) is 0 Å². The minimum absolute atomic E-state index is 0. The maximum absolute atomic E-state index is 12.0. The Kier molecular flexibility index (Phi) is 9.62. The van der Waals surface area contributed by atoms with E-state index in [4.69, 9.17) is 4.74 Å². The first-order valence-electron chi connectivity index (χ1n) is 6.60. The summed E-state index contributed by atoms with van der Waals surface area (Å²) >= 11 is 0. The van der Waals surface area contributed by atoms with Crippen molar-refractivity contribution in [3.63, 3.8) is 0 Å². The lowest BCUT2D eigenvalue weighted by molar-refractivity contribution is -0.274. The molecule has 23 heavy (non-hydrogen) atoms. The first-order valence-corrected chi connectivity index (χ1v) is 6.60. The van der Waals surface area contributed by atoms with Crippen molar-refractivity contribution >= 4 is 18.3 Å². The van der Waals surface area contributed by atoms with Gasteiger partial charge in [0.2, 0.25) is 5.91 Å². The van der Waals surface area contributed by atoms with Gasteiger partial charge in [0.1, 0.15) is 5.75 Å². The van der Waals surface area contributed by atoms with Gasteiger partial charge in [-0.2, -0.15) is 0 Å². The molecule has 0 aliphatic carbocycles. The molecule has 1 aromatic rings. The summed E-state index contributed by atoms with van der Waals surface area (Å²) in [6.07, 6.45) is -4.71. The molecule has 0 spiro atoms. The predicted molar refractivity (Wildman–Crippen MR) is 81.6 cm³/mol. The number of hydrogen-bond acceptors (Lipinski definition) is 4.